The molecule has 3 aliphatic rings. The Bertz CT molecular complexity index is 1350. The first-order valence-corrected chi connectivity index (χ1v) is 14.0. The molecule has 5 heterocycles. The van der Waals surface area contributed by atoms with Crippen molar-refractivity contribution < 1.29 is 4.79 Å². The number of aromatic nitrogens is 4. The third-order valence-electron chi connectivity index (χ3n) is 7.60. The van der Waals surface area contributed by atoms with Crippen LogP contribution in [0.1, 0.15) is 51.5 Å². The summed E-state index contributed by atoms with van der Waals surface area (Å²) in [5.41, 5.74) is 2.73. The maximum Gasteiger partial charge on any atom is 0.290 e. The minimum atomic E-state index is -0.199. The molecular weight excluding hydrogens is 488 g/mol. The average Bonchev–Trinajstić information content (AvgIpc) is 3.50. The SMILES string of the molecule is CN1CCn2nc(Nc3cc(N4CCCC(NC(=O)c5cc6c(s5)CCCC6)C4)nn(C)c3=O)cc2C1. The molecule has 196 valence electrons. The molecule has 1 saturated heterocycles. The molecule has 2 N–H and O–H groups in total. The molecule has 0 aromatic carbocycles. The minimum absolute atomic E-state index is 0.0245. The number of nitrogens with zero attached hydrogens (tertiary/aromatic N) is 6. The average molecular weight is 523 g/mol. The lowest BCUT2D eigenvalue weighted by atomic mass is 9.99. The predicted octanol–water partition coefficient (Wildman–Crippen LogP) is 2.50. The molecule has 0 bridgehead atoms. The van der Waals surface area contributed by atoms with Crippen LogP contribution in [0.3, 0.4) is 0 Å². The number of carbonyl (C=O) groups is 1. The molecular formula is C26H34N8O2S. The summed E-state index contributed by atoms with van der Waals surface area (Å²) >= 11 is 1.65. The quantitative estimate of drug-likeness (QED) is 0.531. The Balaban J connectivity index is 1.16. The number of rotatable bonds is 5. The Morgan fingerprint density at radius 2 is 1.92 bits per heavy atom. The van der Waals surface area contributed by atoms with Crippen molar-refractivity contribution in [2.24, 2.45) is 7.05 Å². The van der Waals surface area contributed by atoms with Gasteiger partial charge in [-0.25, -0.2) is 4.68 Å². The molecule has 0 radical (unpaired) electrons. The van der Waals surface area contributed by atoms with E-state index in [1.54, 1.807) is 18.4 Å². The number of anilines is 3. The summed E-state index contributed by atoms with van der Waals surface area (Å²) in [6, 6.07) is 5.94. The number of amides is 1. The van der Waals surface area contributed by atoms with Crippen LogP contribution in [-0.4, -0.2) is 63.1 Å². The number of fused-ring (bicyclic) bond motifs is 2. The monoisotopic (exact) mass is 522 g/mol. The lowest BCUT2D eigenvalue weighted by molar-refractivity contribution is 0.0937. The maximum atomic E-state index is 13.0. The molecule has 1 amide bonds. The van der Waals surface area contributed by atoms with Crippen LogP contribution in [0.4, 0.5) is 17.3 Å². The summed E-state index contributed by atoms with van der Waals surface area (Å²) in [5.74, 6) is 1.41. The molecule has 0 spiro atoms. The first kappa shape index (κ1) is 24.2. The van der Waals surface area contributed by atoms with Crippen molar-refractivity contribution >= 4 is 34.6 Å². The van der Waals surface area contributed by atoms with Gasteiger partial charge in [-0.05, 0) is 57.2 Å². The summed E-state index contributed by atoms with van der Waals surface area (Å²) in [5, 5.41) is 15.7. The van der Waals surface area contributed by atoms with Crippen LogP contribution in [0.15, 0.2) is 23.0 Å². The fourth-order valence-corrected chi connectivity index (χ4v) is 6.75. The first-order valence-electron chi connectivity index (χ1n) is 13.2. The van der Waals surface area contributed by atoms with Crippen molar-refractivity contribution in [2.75, 3.05) is 36.9 Å². The summed E-state index contributed by atoms with van der Waals surface area (Å²) in [6.07, 6.45) is 6.49. The van der Waals surface area contributed by atoms with E-state index in [1.807, 2.05) is 16.8 Å². The fraction of sp³-hybridized carbons (Fsp3) is 0.538. The van der Waals surface area contributed by atoms with Gasteiger partial charge < -0.3 is 15.5 Å². The van der Waals surface area contributed by atoms with Crippen LogP contribution < -0.4 is 21.1 Å². The Morgan fingerprint density at radius 1 is 1.05 bits per heavy atom. The number of likely N-dealkylation sites (N-methyl/N-ethyl adjacent to an activating group) is 1. The molecule has 11 heteroatoms. The van der Waals surface area contributed by atoms with Gasteiger partial charge in [0, 0.05) is 56.3 Å². The van der Waals surface area contributed by atoms with Crippen LogP contribution in [0, 0.1) is 0 Å². The Hall–Kier alpha value is -3.18. The predicted molar refractivity (Wildman–Crippen MR) is 145 cm³/mol. The number of nitrogens with one attached hydrogen (secondary N) is 2. The largest absolute Gasteiger partial charge is 0.353 e. The van der Waals surface area contributed by atoms with Crippen LogP contribution in [0.25, 0.3) is 0 Å². The van der Waals surface area contributed by atoms with E-state index in [9.17, 15) is 9.59 Å². The lowest BCUT2D eigenvalue weighted by Crippen LogP contribution is -2.48. The van der Waals surface area contributed by atoms with E-state index >= 15 is 0 Å². The van der Waals surface area contributed by atoms with Crippen LogP contribution in [0.2, 0.25) is 0 Å². The Kier molecular flexibility index (Phi) is 6.49. The second-order valence-electron chi connectivity index (χ2n) is 10.5. The molecule has 1 unspecified atom stereocenters. The highest BCUT2D eigenvalue weighted by Gasteiger charge is 2.26. The molecule has 1 fully saturated rings. The molecule has 0 saturated carbocycles. The van der Waals surface area contributed by atoms with Crippen molar-refractivity contribution in [1.82, 2.24) is 29.8 Å². The summed E-state index contributed by atoms with van der Waals surface area (Å²) in [4.78, 5) is 32.5. The lowest BCUT2D eigenvalue weighted by Gasteiger charge is -2.34. The molecule has 1 aliphatic carbocycles. The Labute approximate surface area is 220 Å². The summed E-state index contributed by atoms with van der Waals surface area (Å²) in [6.45, 7) is 4.12. The molecule has 3 aromatic rings. The van der Waals surface area contributed by atoms with Crippen molar-refractivity contribution in [2.45, 2.75) is 57.7 Å². The van der Waals surface area contributed by atoms with E-state index < -0.39 is 0 Å². The van der Waals surface area contributed by atoms with Gasteiger partial charge >= 0.3 is 0 Å². The zero-order valence-electron chi connectivity index (χ0n) is 21.5. The van der Waals surface area contributed by atoms with E-state index in [1.165, 1.54) is 28.0 Å². The minimum Gasteiger partial charge on any atom is -0.353 e. The third kappa shape index (κ3) is 5.02. The van der Waals surface area contributed by atoms with Crippen molar-refractivity contribution in [3.8, 4) is 0 Å². The molecule has 3 aromatic heterocycles. The summed E-state index contributed by atoms with van der Waals surface area (Å²) < 4.78 is 3.37. The van der Waals surface area contributed by atoms with Crippen molar-refractivity contribution in [3.63, 3.8) is 0 Å². The Morgan fingerprint density at radius 3 is 2.78 bits per heavy atom. The standard InChI is InChI=1S/C26H34N8O2S/c1-31-10-11-34-19(16-31)13-23(29-34)28-20-14-24(30-32(2)26(20)36)33-9-5-7-18(15-33)27-25(35)22-12-17-6-3-4-8-21(17)37-22/h12-14,18H,3-11,15-16H2,1-2H3,(H,27,35)(H,28,29). The topological polar surface area (TPSA) is 100 Å². The van der Waals surface area contributed by atoms with Gasteiger partial charge in [-0.3, -0.25) is 19.2 Å². The van der Waals surface area contributed by atoms with Crippen LogP contribution in [0.5, 0.6) is 0 Å². The first-order chi connectivity index (χ1) is 17.9. The van der Waals surface area contributed by atoms with E-state index in [4.69, 9.17) is 0 Å². The number of piperidine rings is 1. The van der Waals surface area contributed by atoms with Gasteiger partial charge in [-0.1, -0.05) is 0 Å². The van der Waals surface area contributed by atoms with Gasteiger partial charge in [0.1, 0.15) is 5.69 Å². The highest BCUT2D eigenvalue weighted by atomic mass is 32.1. The van der Waals surface area contributed by atoms with E-state index in [0.717, 1.165) is 68.3 Å². The highest BCUT2D eigenvalue weighted by molar-refractivity contribution is 7.14. The molecule has 1 atom stereocenters. The van der Waals surface area contributed by atoms with Crippen LogP contribution >= 0.6 is 11.3 Å². The van der Waals surface area contributed by atoms with E-state index in [0.29, 0.717) is 18.1 Å². The number of aryl methyl sites for hydroxylation is 3. The zero-order chi connectivity index (χ0) is 25.5. The van der Waals surface area contributed by atoms with E-state index in [-0.39, 0.29) is 17.5 Å². The van der Waals surface area contributed by atoms with Crippen molar-refractivity contribution in [3.05, 3.63) is 49.6 Å². The van der Waals surface area contributed by atoms with Gasteiger partial charge in [-0.2, -0.15) is 10.2 Å². The second-order valence-corrected chi connectivity index (χ2v) is 11.6. The third-order valence-corrected chi connectivity index (χ3v) is 8.84. The molecule has 6 rings (SSSR count). The normalized spacial score (nSPS) is 19.8. The molecule has 10 nitrogen and oxygen atoms in total. The van der Waals surface area contributed by atoms with Gasteiger partial charge in [0.15, 0.2) is 11.6 Å². The second kappa shape index (κ2) is 9.94. The number of thiophene rings is 1. The van der Waals surface area contributed by atoms with Gasteiger partial charge in [0.2, 0.25) is 0 Å². The van der Waals surface area contributed by atoms with Gasteiger partial charge in [-0.15, -0.1) is 11.3 Å². The molecule has 2 aliphatic heterocycles. The highest BCUT2D eigenvalue weighted by Crippen LogP contribution is 2.30. The van der Waals surface area contributed by atoms with Gasteiger partial charge in [0.05, 0.1) is 17.1 Å². The van der Waals surface area contributed by atoms with Crippen LogP contribution in [-0.2, 0) is 33.0 Å². The maximum absolute atomic E-state index is 13.0. The molecule has 37 heavy (non-hydrogen) atoms. The van der Waals surface area contributed by atoms with Gasteiger partial charge in [0.25, 0.3) is 11.5 Å². The van der Waals surface area contributed by atoms with Crippen molar-refractivity contribution in [1.29, 1.82) is 0 Å². The number of carbonyl (C=O) groups excluding carboxylic acids is 1. The number of hydrogen-bond acceptors (Lipinski definition) is 8. The smallest absolute Gasteiger partial charge is 0.290 e. The fourth-order valence-electron chi connectivity index (χ4n) is 5.60. The zero-order valence-corrected chi connectivity index (χ0v) is 22.3. The van der Waals surface area contributed by atoms with E-state index in [2.05, 4.69) is 43.7 Å². The summed E-state index contributed by atoms with van der Waals surface area (Å²) in [7, 11) is 3.77. The number of hydrogen-bond donors (Lipinski definition) is 2.